The summed E-state index contributed by atoms with van der Waals surface area (Å²) < 4.78 is 0. The third kappa shape index (κ3) is 3.90. The van der Waals surface area contributed by atoms with Crippen LogP contribution in [0.2, 0.25) is 0 Å². The van der Waals surface area contributed by atoms with E-state index in [9.17, 15) is 4.79 Å². The molecule has 5 rings (SSSR count). The number of fused-ring (bicyclic) bond motifs is 1. The van der Waals surface area contributed by atoms with Crippen LogP contribution in [-0.2, 0) is 4.79 Å². The van der Waals surface area contributed by atoms with E-state index in [1.165, 1.54) is 23.0 Å². The third-order valence-corrected chi connectivity index (χ3v) is 5.83. The number of aromatic nitrogens is 3. The second kappa shape index (κ2) is 8.72. The predicted octanol–water partition coefficient (Wildman–Crippen LogP) is 3.78. The van der Waals surface area contributed by atoms with Crippen molar-refractivity contribution in [3.05, 3.63) is 77.5 Å². The van der Waals surface area contributed by atoms with Crippen LogP contribution in [0.3, 0.4) is 0 Å². The van der Waals surface area contributed by atoms with Gasteiger partial charge in [0.2, 0.25) is 0 Å². The van der Waals surface area contributed by atoms with Crippen molar-refractivity contribution >= 4 is 29.4 Å². The molecule has 0 amide bonds. The molecule has 0 aliphatic carbocycles. The van der Waals surface area contributed by atoms with E-state index in [4.69, 9.17) is 4.98 Å². The molecule has 2 aliphatic rings. The number of hydrogen-bond donors (Lipinski definition) is 3. The quantitative estimate of drug-likeness (QED) is 0.537. The summed E-state index contributed by atoms with van der Waals surface area (Å²) in [6.45, 7) is 4.04. The smallest absolute Gasteiger partial charge is 0.146 e. The molecule has 0 spiro atoms. The lowest BCUT2D eigenvalue weighted by Gasteiger charge is -2.23. The molecular weight excluding hydrogens is 400 g/mol. The number of carbonyl (C=O) groups is 1. The maximum absolute atomic E-state index is 11.8. The maximum Gasteiger partial charge on any atom is 0.146 e. The van der Waals surface area contributed by atoms with Gasteiger partial charge in [0.15, 0.2) is 0 Å². The monoisotopic (exact) mass is 424 g/mol. The predicted molar refractivity (Wildman–Crippen MR) is 126 cm³/mol. The highest BCUT2D eigenvalue weighted by Gasteiger charge is 2.23. The number of nitrogens with zero attached hydrogens (tertiary/aromatic N) is 3. The van der Waals surface area contributed by atoms with Gasteiger partial charge in [0.25, 0.3) is 0 Å². The molecule has 7 nitrogen and oxygen atoms in total. The van der Waals surface area contributed by atoms with Gasteiger partial charge in [-0.05, 0) is 72.6 Å². The molecule has 4 heterocycles. The van der Waals surface area contributed by atoms with Gasteiger partial charge in [-0.2, -0.15) is 0 Å². The summed E-state index contributed by atoms with van der Waals surface area (Å²) in [4.78, 5) is 24.9. The summed E-state index contributed by atoms with van der Waals surface area (Å²) in [5.41, 5.74) is 8.11. The highest BCUT2D eigenvalue weighted by Crippen LogP contribution is 2.34. The zero-order valence-electron chi connectivity index (χ0n) is 17.8. The van der Waals surface area contributed by atoms with Crippen molar-refractivity contribution in [3.63, 3.8) is 0 Å². The van der Waals surface area contributed by atoms with Gasteiger partial charge in [0.1, 0.15) is 24.5 Å². The zero-order valence-corrected chi connectivity index (χ0v) is 17.8. The van der Waals surface area contributed by atoms with E-state index in [-0.39, 0.29) is 0 Å². The summed E-state index contributed by atoms with van der Waals surface area (Å²) in [7, 11) is 0. The first-order valence-electron chi connectivity index (χ1n) is 10.7. The van der Waals surface area contributed by atoms with Gasteiger partial charge >= 0.3 is 0 Å². The maximum atomic E-state index is 11.8. The molecule has 0 saturated heterocycles. The number of pyridine rings is 1. The van der Waals surface area contributed by atoms with Crippen LogP contribution in [0.25, 0.3) is 22.9 Å². The van der Waals surface area contributed by atoms with Crippen molar-refractivity contribution in [1.82, 2.24) is 25.6 Å². The molecule has 2 aliphatic heterocycles. The molecule has 2 aromatic heterocycles. The second-order valence-corrected chi connectivity index (χ2v) is 7.94. The minimum Gasteiger partial charge on any atom is -0.378 e. The van der Waals surface area contributed by atoms with Crippen molar-refractivity contribution in [1.29, 1.82) is 0 Å². The van der Waals surface area contributed by atoms with E-state index in [1.54, 1.807) is 18.6 Å². The Morgan fingerprint density at radius 2 is 2.06 bits per heavy atom. The molecule has 1 atom stereocenters. The SMILES string of the molecule is Cc1cc(Nc2nc(-c3cncnc3)cc3c2C(C=O)NC=C3)ccc1C1=CCNCC1. The molecule has 0 fully saturated rings. The summed E-state index contributed by atoms with van der Waals surface area (Å²) in [6.07, 6.45) is 12.9. The number of anilines is 2. The van der Waals surface area contributed by atoms with Gasteiger partial charge in [-0.3, -0.25) is 0 Å². The fourth-order valence-electron chi connectivity index (χ4n) is 4.25. The molecule has 7 heteroatoms. The number of carbonyl (C=O) groups excluding carboxylic acids is 1. The Morgan fingerprint density at radius 1 is 1.19 bits per heavy atom. The first-order valence-corrected chi connectivity index (χ1v) is 10.7. The van der Waals surface area contributed by atoms with E-state index >= 15 is 0 Å². The molecule has 1 unspecified atom stereocenters. The van der Waals surface area contributed by atoms with Crippen LogP contribution in [-0.4, -0.2) is 34.3 Å². The molecule has 160 valence electrons. The summed E-state index contributed by atoms with van der Waals surface area (Å²) >= 11 is 0. The zero-order chi connectivity index (χ0) is 21.9. The van der Waals surface area contributed by atoms with E-state index < -0.39 is 6.04 Å². The van der Waals surface area contributed by atoms with Crippen LogP contribution in [0, 0.1) is 6.92 Å². The molecule has 0 saturated carbocycles. The number of benzene rings is 1. The Morgan fingerprint density at radius 3 is 2.81 bits per heavy atom. The highest BCUT2D eigenvalue weighted by molar-refractivity contribution is 5.80. The fourth-order valence-corrected chi connectivity index (χ4v) is 4.25. The van der Waals surface area contributed by atoms with Crippen molar-refractivity contribution < 1.29 is 4.79 Å². The number of hydrogen-bond acceptors (Lipinski definition) is 7. The minimum atomic E-state index is -0.466. The van der Waals surface area contributed by atoms with Gasteiger partial charge < -0.3 is 20.7 Å². The van der Waals surface area contributed by atoms with Crippen LogP contribution < -0.4 is 16.0 Å². The Labute approximate surface area is 186 Å². The van der Waals surface area contributed by atoms with Crippen molar-refractivity contribution in [2.75, 3.05) is 18.4 Å². The number of nitrogens with one attached hydrogen (secondary N) is 3. The normalized spacial score (nSPS) is 17.2. The Bertz CT molecular complexity index is 1220. The average Bonchev–Trinajstić information content (AvgIpc) is 2.84. The van der Waals surface area contributed by atoms with E-state index in [2.05, 4.69) is 57.1 Å². The van der Waals surface area contributed by atoms with Crippen LogP contribution in [0.15, 0.2) is 55.3 Å². The van der Waals surface area contributed by atoms with Crippen molar-refractivity contribution in [2.24, 2.45) is 0 Å². The molecule has 0 radical (unpaired) electrons. The van der Waals surface area contributed by atoms with Crippen LogP contribution in [0.5, 0.6) is 0 Å². The van der Waals surface area contributed by atoms with E-state index in [0.717, 1.165) is 53.9 Å². The Balaban J connectivity index is 1.55. The summed E-state index contributed by atoms with van der Waals surface area (Å²) in [5, 5.41) is 9.93. The van der Waals surface area contributed by atoms with E-state index in [0.29, 0.717) is 5.82 Å². The molecular formula is C25H24N6O. The Hall–Kier alpha value is -3.84. The van der Waals surface area contributed by atoms with Gasteiger partial charge in [0.05, 0.1) is 5.69 Å². The lowest BCUT2D eigenvalue weighted by Crippen LogP contribution is -2.23. The third-order valence-electron chi connectivity index (χ3n) is 5.83. The lowest BCUT2D eigenvalue weighted by molar-refractivity contribution is -0.109. The number of aldehydes is 1. The largest absolute Gasteiger partial charge is 0.378 e. The molecule has 0 bridgehead atoms. The van der Waals surface area contributed by atoms with Gasteiger partial charge in [-0.25, -0.2) is 15.0 Å². The summed E-state index contributed by atoms with van der Waals surface area (Å²) in [5.74, 6) is 0.642. The molecule has 3 N–H and O–H groups in total. The summed E-state index contributed by atoms with van der Waals surface area (Å²) in [6, 6.07) is 7.86. The standard InChI is InChI=1S/C25H24N6O/c1-16-10-20(2-3-21(16)17-4-7-26-8-5-17)30-25-24-18(6-9-29-23(24)14-32)11-22(31-25)19-12-27-15-28-13-19/h2-4,6,9-15,23,26,29H,5,7-8H2,1H3,(H,30,31). The first kappa shape index (κ1) is 20.1. The van der Waals surface area contributed by atoms with Crippen molar-refractivity contribution in [3.8, 4) is 11.3 Å². The molecule has 1 aromatic carbocycles. The number of aryl methyl sites for hydroxylation is 1. The first-order chi connectivity index (χ1) is 15.7. The van der Waals surface area contributed by atoms with Gasteiger partial charge in [0, 0.05) is 35.8 Å². The number of rotatable bonds is 5. The highest BCUT2D eigenvalue weighted by atomic mass is 16.1. The van der Waals surface area contributed by atoms with E-state index in [1.807, 2.05) is 12.1 Å². The lowest BCUT2D eigenvalue weighted by atomic mass is 9.95. The minimum absolute atomic E-state index is 0.466. The molecule has 32 heavy (non-hydrogen) atoms. The fraction of sp³-hybridized carbons (Fsp3) is 0.200. The van der Waals surface area contributed by atoms with Gasteiger partial charge in [-0.1, -0.05) is 12.1 Å². The second-order valence-electron chi connectivity index (χ2n) is 7.94. The molecule has 3 aromatic rings. The van der Waals surface area contributed by atoms with Crippen molar-refractivity contribution in [2.45, 2.75) is 19.4 Å². The van der Waals surface area contributed by atoms with Gasteiger partial charge in [-0.15, -0.1) is 0 Å². The topological polar surface area (TPSA) is 91.8 Å². The average molecular weight is 425 g/mol. The van der Waals surface area contributed by atoms with Crippen LogP contribution in [0.1, 0.15) is 34.7 Å². The Kier molecular flexibility index (Phi) is 5.47. The van der Waals surface area contributed by atoms with Crippen LogP contribution in [0.4, 0.5) is 11.5 Å². The van der Waals surface area contributed by atoms with Crippen LogP contribution >= 0.6 is 0 Å².